The first kappa shape index (κ1) is 10.4. The van der Waals surface area contributed by atoms with Crippen LogP contribution in [-0.4, -0.2) is 31.4 Å². The van der Waals surface area contributed by atoms with E-state index in [9.17, 15) is 0 Å². The van der Waals surface area contributed by atoms with Crippen LogP contribution in [0.3, 0.4) is 0 Å². The van der Waals surface area contributed by atoms with E-state index >= 15 is 0 Å². The second-order valence-corrected chi connectivity index (χ2v) is 2.66. The molecule has 0 atom stereocenters. The lowest BCUT2D eigenvalue weighted by atomic mass is 10.5. The van der Waals surface area contributed by atoms with Gasteiger partial charge in [-0.25, -0.2) is 4.84 Å². The molecule has 0 fully saturated rings. The minimum Gasteiger partial charge on any atom is -0.203 e. The molecule has 0 heterocycles. The predicted molar refractivity (Wildman–Crippen MR) is 47.9 cm³/mol. The highest BCUT2D eigenvalue weighted by atomic mass is 16.7. The van der Waals surface area contributed by atoms with E-state index in [-0.39, 0.29) is 0 Å². The summed E-state index contributed by atoms with van der Waals surface area (Å²) in [6.45, 7) is 11.7. The standard InChI is InChI=1S/C9H18NO/c1-5-8-10(4,9-6-2)11-7-3/h5-6H,1-2,7-9H2,3-4H3/q+1. The Kier molecular flexibility index (Phi) is 4.83. The molecule has 0 radical (unpaired) electrons. The fraction of sp³-hybridized carbons (Fsp3) is 0.556. The van der Waals surface area contributed by atoms with Gasteiger partial charge in [0.05, 0.1) is 7.05 Å². The van der Waals surface area contributed by atoms with Crippen molar-refractivity contribution in [3.63, 3.8) is 0 Å². The van der Waals surface area contributed by atoms with Crippen LogP contribution in [0, 0.1) is 0 Å². The molecule has 11 heavy (non-hydrogen) atoms. The SMILES string of the molecule is C=CC[N+](C)(CC=C)OCC. The van der Waals surface area contributed by atoms with E-state index in [2.05, 4.69) is 13.2 Å². The van der Waals surface area contributed by atoms with Crippen molar-refractivity contribution < 1.29 is 9.48 Å². The molecule has 0 aliphatic carbocycles. The van der Waals surface area contributed by atoms with Gasteiger partial charge in [-0.15, -0.1) is 0 Å². The topological polar surface area (TPSA) is 9.23 Å². The first-order chi connectivity index (χ1) is 5.18. The van der Waals surface area contributed by atoms with E-state index < -0.39 is 0 Å². The zero-order valence-electron chi connectivity index (χ0n) is 7.55. The zero-order chi connectivity index (χ0) is 8.74. The van der Waals surface area contributed by atoms with Crippen molar-refractivity contribution in [3.8, 4) is 0 Å². The molecule has 0 amide bonds. The monoisotopic (exact) mass is 156 g/mol. The van der Waals surface area contributed by atoms with E-state index in [4.69, 9.17) is 4.84 Å². The van der Waals surface area contributed by atoms with Gasteiger partial charge < -0.3 is 0 Å². The van der Waals surface area contributed by atoms with Crippen LogP contribution in [0.1, 0.15) is 6.92 Å². The maximum atomic E-state index is 5.51. The van der Waals surface area contributed by atoms with Gasteiger partial charge in [0, 0.05) is 0 Å². The molecule has 0 saturated carbocycles. The molecule has 0 spiro atoms. The lowest BCUT2D eigenvalue weighted by Crippen LogP contribution is -2.44. The molecule has 0 aliphatic heterocycles. The van der Waals surface area contributed by atoms with Crippen LogP contribution in [-0.2, 0) is 4.84 Å². The van der Waals surface area contributed by atoms with E-state index in [1.54, 1.807) is 0 Å². The van der Waals surface area contributed by atoms with E-state index in [1.807, 2.05) is 26.1 Å². The summed E-state index contributed by atoms with van der Waals surface area (Å²) in [5.74, 6) is 0. The first-order valence-electron chi connectivity index (χ1n) is 3.89. The van der Waals surface area contributed by atoms with E-state index in [0.29, 0.717) is 4.65 Å². The molecule has 0 saturated heterocycles. The smallest absolute Gasteiger partial charge is 0.127 e. The molecular formula is C9H18NO+. The number of nitrogens with zero attached hydrogens (tertiary/aromatic N) is 1. The molecule has 0 unspecified atom stereocenters. The Balaban J connectivity index is 3.98. The summed E-state index contributed by atoms with van der Waals surface area (Å²) in [5, 5.41) is 0. The van der Waals surface area contributed by atoms with Gasteiger partial charge in [0.15, 0.2) is 0 Å². The maximum Gasteiger partial charge on any atom is 0.127 e. The van der Waals surface area contributed by atoms with Crippen molar-refractivity contribution in [2.45, 2.75) is 6.92 Å². The average molecular weight is 156 g/mol. The number of hydrogen-bond donors (Lipinski definition) is 0. The van der Waals surface area contributed by atoms with Crippen molar-refractivity contribution in [1.29, 1.82) is 0 Å². The third-order valence-electron chi connectivity index (χ3n) is 1.47. The van der Waals surface area contributed by atoms with Crippen molar-refractivity contribution in [1.82, 2.24) is 0 Å². The summed E-state index contributed by atoms with van der Waals surface area (Å²) >= 11 is 0. The number of hydroxylamine groups is 3. The normalized spacial score (nSPS) is 11.1. The molecule has 0 bridgehead atoms. The van der Waals surface area contributed by atoms with Crippen molar-refractivity contribution in [3.05, 3.63) is 25.3 Å². The molecule has 0 aromatic heterocycles. The Morgan fingerprint density at radius 1 is 1.27 bits per heavy atom. The lowest BCUT2D eigenvalue weighted by Gasteiger charge is -2.28. The van der Waals surface area contributed by atoms with Crippen LogP contribution in [0.15, 0.2) is 25.3 Å². The van der Waals surface area contributed by atoms with Gasteiger partial charge in [-0.1, -0.05) is 13.2 Å². The average Bonchev–Trinajstić information content (AvgIpc) is 1.88. The Morgan fingerprint density at radius 3 is 2.00 bits per heavy atom. The Bertz CT molecular complexity index is 122. The molecule has 0 aliphatic rings. The summed E-state index contributed by atoms with van der Waals surface area (Å²) in [7, 11) is 2.02. The fourth-order valence-corrected chi connectivity index (χ4v) is 1.04. The molecule has 0 aromatic carbocycles. The summed E-state index contributed by atoms with van der Waals surface area (Å²) in [4.78, 5) is 5.51. The maximum absolute atomic E-state index is 5.51. The summed E-state index contributed by atoms with van der Waals surface area (Å²) in [5.41, 5.74) is 0. The number of rotatable bonds is 6. The quantitative estimate of drug-likeness (QED) is 0.323. The van der Waals surface area contributed by atoms with Crippen molar-refractivity contribution >= 4 is 0 Å². The largest absolute Gasteiger partial charge is 0.203 e. The van der Waals surface area contributed by atoms with Crippen LogP contribution in [0.25, 0.3) is 0 Å². The van der Waals surface area contributed by atoms with Gasteiger partial charge in [-0.05, 0) is 19.1 Å². The number of likely N-dealkylation sites (N-methyl/N-ethyl adjacent to an activating group) is 1. The predicted octanol–water partition coefficient (Wildman–Crippen LogP) is 1.76. The third-order valence-corrected chi connectivity index (χ3v) is 1.47. The highest BCUT2D eigenvalue weighted by molar-refractivity contribution is 4.68. The summed E-state index contributed by atoms with van der Waals surface area (Å²) < 4.78 is 0.545. The molecule has 2 nitrogen and oxygen atoms in total. The molecule has 0 N–H and O–H groups in total. The fourth-order valence-electron chi connectivity index (χ4n) is 1.04. The van der Waals surface area contributed by atoms with Gasteiger partial charge in [-0.3, -0.25) is 0 Å². The first-order valence-corrected chi connectivity index (χ1v) is 3.89. The second kappa shape index (κ2) is 5.10. The zero-order valence-corrected chi connectivity index (χ0v) is 7.55. The second-order valence-electron chi connectivity index (χ2n) is 2.66. The molecule has 64 valence electrons. The van der Waals surface area contributed by atoms with E-state index in [1.165, 1.54) is 0 Å². The van der Waals surface area contributed by atoms with E-state index in [0.717, 1.165) is 19.7 Å². The Morgan fingerprint density at radius 2 is 1.73 bits per heavy atom. The van der Waals surface area contributed by atoms with Gasteiger partial charge in [0.2, 0.25) is 0 Å². The van der Waals surface area contributed by atoms with Crippen LogP contribution in [0.2, 0.25) is 0 Å². The Labute approximate surface area is 69.3 Å². The van der Waals surface area contributed by atoms with Gasteiger partial charge >= 0.3 is 0 Å². The van der Waals surface area contributed by atoms with Gasteiger partial charge in [0.25, 0.3) is 0 Å². The van der Waals surface area contributed by atoms with Crippen molar-refractivity contribution in [2.24, 2.45) is 0 Å². The molecule has 0 rings (SSSR count). The van der Waals surface area contributed by atoms with Gasteiger partial charge in [-0.2, -0.15) is 4.65 Å². The number of quaternary nitrogens is 1. The van der Waals surface area contributed by atoms with Crippen LogP contribution >= 0.6 is 0 Å². The molecule has 2 heteroatoms. The Hall–Kier alpha value is -0.600. The van der Waals surface area contributed by atoms with Gasteiger partial charge in [0.1, 0.15) is 19.7 Å². The lowest BCUT2D eigenvalue weighted by molar-refractivity contribution is -1.08. The minimum atomic E-state index is 0.545. The minimum absolute atomic E-state index is 0.545. The molecular weight excluding hydrogens is 138 g/mol. The highest BCUT2D eigenvalue weighted by Crippen LogP contribution is 2.03. The van der Waals surface area contributed by atoms with Crippen LogP contribution in [0.4, 0.5) is 0 Å². The number of hydrogen-bond acceptors (Lipinski definition) is 1. The van der Waals surface area contributed by atoms with Crippen LogP contribution in [0.5, 0.6) is 0 Å². The van der Waals surface area contributed by atoms with Crippen LogP contribution < -0.4 is 0 Å². The highest BCUT2D eigenvalue weighted by Gasteiger charge is 2.18. The van der Waals surface area contributed by atoms with Crippen molar-refractivity contribution in [2.75, 3.05) is 26.7 Å². The molecule has 0 aromatic rings. The summed E-state index contributed by atoms with van der Waals surface area (Å²) in [6, 6.07) is 0. The third kappa shape index (κ3) is 3.96. The summed E-state index contributed by atoms with van der Waals surface area (Å²) in [6.07, 6.45) is 3.72.